The number of hydrogen-bond donors (Lipinski definition) is 1. The lowest BCUT2D eigenvalue weighted by Gasteiger charge is -2.42. The Morgan fingerprint density at radius 3 is 2.54 bits per heavy atom. The Morgan fingerprint density at radius 2 is 2.00 bits per heavy atom. The van der Waals surface area contributed by atoms with Crippen molar-refractivity contribution in [1.29, 1.82) is 5.26 Å². The van der Waals surface area contributed by atoms with E-state index < -0.39 is 0 Å². The molecular weight excluding hydrogens is 344 g/mol. The quantitative estimate of drug-likeness (QED) is 0.861. The fourth-order valence-corrected chi connectivity index (χ4v) is 4.91. The Bertz CT molecular complexity index is 848. The van der Waals surface area contributed by atoms with Crippen molar-refractivity contribution in [2.45, 2.75) is 51.4 Å². The molecule has 1 atom stereocenters. The zero-order valence-electron chi connectivity index (χ0n) is 16.1. The summed E-state index contributed by atoms with van der Waals surface area (Å²) in [6.07, 6.45) is 2.15. The maximum Gasteiger partial charge on any atom is 0.161 e. The number of hydrazine groups is 1. The first-order valence-corrected chi connectivity index (χ1v) is 9.72. The van der Waals surface area contributed by atoms with E-state index in [2.05, 4.69) is 39.0 Å². The molecule has 1 aliphatic heterocycles. The van der Waals surface area contributed by atoms with Gasteiger partial charge in [-0.25, -0.2) is 5.01 Å². The monoisotopic (exact) mass is 370 g/mol. The predicted octanol–water partition coefficient (Wildman–Crippen LogP) is 3.62. The number of ketones is 1. The summed E-state index contributed by atoms with van der Waals surface area (Å²) < 4.78 is 0. The van der Waals surface area contributed by atoms with E-state index in [-0.39, 0.29) is 17.1 Å². The first-order chi connectivity index (χ1) is 12.2. The molecule has 0 bridgehead atoms. The zero-order chi connectivity index (χ0) is 19.2. The summed E-state index contributed by atoms with van der Waals surface area (Å²) in [5, 5.41) is 13.6. The molecule has 26 heavy (non-hydrogen) atoms. The van der Waals surface area contributed by atoms with Crippen molar-refractivity contribution in [2.75, 3.05) is 14.1 Å². The molecule has 2 N–H and O–H groups in total. The molecule has 0 spiro atoms. The van der Waals surface area contributed by atoms with Gasteiger partial charge in [-0.2, -0.15) is 5.26 Å². The van der Waals surface area contributed by atoms with Crippen LogP contribution in [-0.2, 0) is 10.2 Å². The molecule has 0 amide bonds. The number of carbonyl (C=O) groups is 1. The van der Waals surface area contributed by atoms with E-state index in [9.17, 15) is 10.1 Å². The molecule has 0 saturated carbocycles. The van der Waals surface area contributed by atoms with Gasteiger partial charge in [-0.15, -0.1) is 11.3 Å². The number of allylic oxidation sites excluding steroid dienone is 3. The smallest absolute Gasteiger partial charge is 0.161 e. The molecule has 0 radical (unpaired) electrons. The minimum absolute atomic E-state index is 0.0309. The highest BCUT2D eigenvalue weighted by Crippen LogP contribution is 2.47. The van der Waals surface area contributed by atoms with Gasteiger partial charge in [0.1, 0.15) is 5.82 Å². The van der Waals surface area contributed by atoms with Crippen LogP contribution >= 0.6 is 11.3 Å². The molecule has 2 aliphatic rings. The molecule has 0 saturated heterocycles. The number of nitriles is 1. The first-order valence-electron chi connectivity index (χ1n) is 8.90. The van der Waals surface area contributed by atoms with Crippen molar-refractivity contribution in [3.05, 3.63) is 44.6 Å². The Balaban J connectivity index is 2.21. The Morgan fingerprint density at radius 1 is 1.31 bits per heavy atom. The summed E-state index contributed by atoms with van der Waals surface area (Å²) in [5.74, 6) is 0.218. The van der Waals surface area contributed by atoms with Crippen LogP contribution in [0.3, 0.4) is 0 Å². The van der Waals surface area contributed by atoms with Gasteiger partial charge < -0.3 is 5.73 Å². The normalized spacial score (nSPS) is 21.3. The molecule has 1 aromatic heterocycles. The lowest BCUT2D eigenvalue weighted by atomic mass is 9.78. The van der Waals surface area contributed by atoms with E-state index in [4.69, 9.17) is 5.73 Å². The molecule has 0 fully saturated rings. The molecule has 3 rings (SSSR count). The number of Topliss-reactive ketones (excluding diaryl/α,β-unsaturated/α-hetero) is 1. The van der Waals surface area contributed by atoms with Gasteiger partial charge in [-0.3, -0.25) is 9.80 Å². The van der Waals surface area contributed by atoms with Crippen molar-refractivity contribution < 1.29 is 4.79 Å². The van der Waals surface area contributed by atoms with Crippen LogP contribution in [0.2, 0.25) is 0 Å². The molecule has 1 aromatic rings. The van der Waals surface area contributed by atoms with Crippen LogP contribution in [0.5, 0.6) is 0 Å². The second kappa shape index (κ2) is 6.57. The summed E-state index contributed by atoms with van der Waals surface area (Å²) in [6, 6.07) is 6.46. The average molecular weight is 371 g/mol. The second-order valence-electron chi connectivity index (χ2n) is 8.09. The summed E-state index contributed by atoms with van der Waals surface area (Å²) in [6.45, 7) is 6.51. The lowest BCUT2D eigenvalue weighted by molar-refractivity contribution is -0.116. The summed E-state index contributed by atoms with van der Waals surface area (Å²) in [5.41, 5.74) is 8.60. The molecule has 2 heterocycles. The minimum atomic E-state index is -0.347. The fraction of sp³-hybridized carbons (Fsp3) is 0.500. The van der Waals surface area contributed by atoms with E-state index in [0.717, 1.165) is 29.0 Å². The third-order valence-corrected chi connectivity index (χ3v) is 6.51. The van der Waals surface area contributed by atoms with Gasteiger partial charge in [0.15, 0.2) is 5.78 Å². The molecule has 1 aliphatic carbocycles. The predicted molar refractivity (Wildman–Crippen MR) is 104 cm³/mol. The zero-order valence-corrected chi connectivity index (χ0v) is 16.9. The maximum atomic E-state index is 12.9. The van der Waals surface area contributed by atoms with Gasteiger partial charge in [0.05, 0.1) is 17.6 Å². The number of carbonyl (C=O) groups excluding carboxylic acids is 1. The SMILES string of the molecule is CN(C)N1C(N)=C(C#N)[C@@H](c2ccc(C(C)(C)C)s2)C2=C1CCCC2=O. The first kappa shape index (κ1) is 18.7. The third-order valence-electron chi connectivity index (χ3n) is 4.94. The highest BCUT2D eigenvalue weighted by molar-refractivity contribution is 7.12. The lowest BCUT2D eigenvalue weighted by Crippen LogP contribution is -2.45. The van der Waals surface area contributed by atoms with Gasteiger partial charge >= 0.3 is 0 Å². The minimum Gasteiger partial charge on any atom is -0.383 e. The summed E-state index contributed by atoms with van der Waals surface area (Å²) in [4.78, 5) is 15.1. The van der Waals surface area contributed by atoms with E-state index in [0.29, 0.717) is 17.8 Å². The molecule has 0 unspecified atom stereocenters. The Labute approximate surface area is 159 Å². The van der Waals surface area contributed by atoms with Gasteiger partial charge in [-0.05, 0) is 30.4 Å². The van der Waals surface area contributed by atoms with Gasteiger partial charge in [-0.1, -0.05) is 20.8 Å². The van der Waals surface area contributed by atoms with Crippen LogP contribution in [-0.4, -0.2) is 29.9 Å². The van der Waals surface area contributed by atoms with Crippen LogP contribution in [0.25, 0.3) is 0 Å². The number of hydrogen-bond acceptors (Lipinski definition) is 6. The summed E-state index contributed by atoms with van der Waals surface area (Å²) in [7, 11) is 3.77. The highest BCUT2D eigenvalue weighted by atomic mass is 32.1. The molecule has 138 valence electrons. The van der Waals surface area contributed by atoms with Crippen molar-refractivity contribution in [3.63, 3.8) is 0 Å². The van der Waals surface area contributed by atoms with Crippen molar-refractivity contribution in [2.24, 2.45) is 5.73 Å². The molecule has 5 nitrogen and oxygen atoms in total. The van der Waals surface area contributed by atoms with Crippen LogP contribution in [0, 0.1) is 11.3 Å². The van der Waals surface area contributed by atoms with E-state index in [1.165, 1.54) is 4.88 Å². The van der Waals surface area contributed by atoms with E-state index in [1.54, 1.807) is 11.3 Å². The fourth-order valence-electron chi connectivity index (χ4n) is 3.72. The Hall–Kier alpha value is -2.10. The van der Waals surface area contributed by atoms with Crippen LogP contribution in [0.15, 0.2) is 34.8 Å². The topological polar surface area (TPSA) is 73.4 Å². The number of nitrogens with zero attached hydrogens (tertiary/aromatic N) is 3. The van der Waals surface area contributed by atoms with Crippen molar-refractivity contribution in [1.82, 2.24) is 10.0 Å². The van der Waals surface area contributed by atoms with Gasteiger partial charge in [0.25, 0.3) is 0 Å². The largest absolute Gasteiger partial charge is 0.383 e. The number of thiophene rings is 1. The average Bonchev–Trinajstić information content (AvgIpc) is 3.03. The highest BCUT2D eigenvalue weighted by Gasteiger charge is 2.41. The molecule has 6 heteroatoms. The number of nitrogens with two attached hydrogens (primary N) is 1. The Kier molecular flexibility index (Phi) is 4.72. The number of rotatable bonds is 2. The standard InChI is InChI=1S/C20H26N4OS/c1-20(2,3)16-10-9-15(26-16)17-12(11-21)19(22)24(23(4)5)13-7-6-8-14(25)18(13)17/h9-10,17H,6-8,22H2,1-5H3/t17-/m0/s1. The third kappa shape index (κ3) is 2.95. The van der Waals surface area contributed by atoms with Crippen molar-refractivity contribution in [3.8, 4) is 6.07 Å². The van der Waals surface area contributed by atoms with Gasteiger partial charge in [0.2, 0.25) is 0 Å². The van der Waals surface area contributed by atoms with Gasteiger partial charge in [0, 0.05) is 41.5 Å². The van der Waals surface area contributed by atoms with Crippen LogP contribution in [0.4, 0.5) is 0 Å². The van der Waals surface area contributed by atoms with E-state index in [1.807, 2.05) is 24.1 Å². The maximum absolute atomic E-state index is 12.9. The second-order valence-corrected chi connectivity index (χ2v) is 9.21. The van der Waals surface area contributed by atoms with Crippen molar-refractivity contribution >= 4 is 17.1 Å². The molecular formula is C20H26N4OS. The summed E-state index contributed by atoms with van der Waals surface area (Å²) >= 11 is 1.68. The van der Waals surface area contributed by atoms with Crippen LogP contribution < -0.4 is 5.73 Å². The van der Waals surface area contributed by atoms with E-state index >= 15 is 0 Å². The van der Waals surface area contributed by atoms with Crippen LogP contribution in [0.1, 0.15) is 55.7 Å². The molecule has 0 aromatic carbocycles.